The Labute approximate surface area is 102 Å². The fraction of sp³-hybridized carbons (Fsp3) is 0.583. The molecule has 1 aliphatic heterocycles. The molecule has 1 saturated heterocycles. The van der Waals surface area contributed by atoms with Crippen LogP contribution in [-0.4, -0.2) is 23.7 Å². The summed E-state index contributed by atoms with van der Waals surface area (Å²) in [5.41, 5.74) is 0.973. The minimum absolute atomic E-state index is 0. The summed E-state index contributed by atoms with van der Waals surface area (Å²) in [6.45, 7) is 2.76. The molecule has 2 heterocycles. The van der Waals surface area contributed by atoms with Gasteiger partial charge in [-0.15, -0.1) is 12.4 Å². The summed E-state index contributed by atoms with van der Waals surface area (Å²) in [6, 6.07) is 5.25. The Morgan fingerprint density at radius 1 is 1.50 bits per heavy atom. The number of hydrogen-bond acceptors (Lipinski definition) is 3. The lowest BCUT2D eigenvalue weighted by Gasteiger charge is -2.15. The molecule has 16 heavy (non-hydrogen) atoms. The predicted molar refractivity (Wildman–Crippen MR) is 65.2 cm³/mol. The Morgan fingerprint density at radius 3 is 3.06 bits per heavy atom. The minimum Gasteiger partial charge on any atom is -0.490 e. The molecular formula is C12H17ClN2O. The summed E-state index contributed by atoms with van der Waals surface area (Å²) in [6.07, 6.45) is 4.46. The number of rotatable bonds is 3. The predicted octanol–water partition coefficient (Wildman–Crippen LogP) is 1.94. The van der Waals surface area contributed by atoms with Crippen molar-refractivity contribution < 1.29 is 4.74 Å². The zero-order valence-corrected chi connectivity index (χ0v) is 10.2. The van der Waals surface area contributed by atoms with Gasteiger partial charge in [0.25, 0.3) is 0 Å². The highest BCUT2D eigenvalue weighted by molar-refractivity contribution is 5.85. The first kappa shape index (κ1) is 11.7. The van der Waals surface area contributed by atoms with Crippen LogP contribution in [0.1, 0.15) is 18.5 Å². The van der Waals surface area contributed by atoms with Crippen LogP contribution in [-0.2, 0) is 0 Å². The maximum absolute atomic E-state index is 5.76. The summed E-state index contributed by atoms with van der Waals surface area (Å²) < 4.78 is 5.76. The summed E-state index contributed by atoms with van der Waals surface area (Å²) in [4.78, 5) is 4.20. The zero-order valence-electron chi connectivity index (χ0n) is 9.35. The van der Waals surface area contributed by atoms with Crippen molar-refractivity contribution in [2.75, 3.05) is 6.61 Å². The smallest absolute Gasteiger partial charge is 0.140 e. The van der Waals surface area contributed by atoms with Crippen LogP contribution in [0.5, 0.6) is 5.75 Å². The van der Waals surface area contributed by atoms with Gasteiger partial charge in [-0.25, -0.2) is 0 Å². The second kappa shape index (κ2) is 4.60. The quantitative estimate of drug-likeness (QED) is 0.877. The van der Waals surface area contributed by atoms with E-state index < -0.39 is 0 Å². The van der Waals surface area contributed by atoms with Crippen LogP contribution in [0, 0.1) is 12.8 Å². The van der Waals surface area contributed by atoms with Gasteiger partial charge >= 0.3 is 0 Å². The van der Waals surface area contributed by atoms with Crippen molar-refractivity contribution in [3.63, 3.8) is 0 Å². The number of aryl methyl sites for hydroxylation is 1. The van der Waals surface area contributed by atoms with E-state index in [-0.39, 0.29) is 12.4 Å². The molecule has 88 valence electrons. The molecule has 0 aromatic carbocycles. The van der Waals surface area contributed by atoms with Gasteiger partial charge in [-0.1, -0.05) is 0 Å². The first-order chi connectivity index (χ1) is 7.33. The topological polar surface area (TPSA) is 34.1 Å². The monoisotopic (exact) mass is 240 g/mol. The molecule has 0 spiro atoms. The zero-order chi connectivity index (χ0) is 10.3. The van der Waals surface area contributed by atoms with E-state index in [2.05, 4.69) is 10.3 Å². The van der Waals surface area contributed by atoms with Crippen molar-refractivity contribution in [1.29, 1.82) is 0 Å². The lowest BCUT2D eigenvalue weighted by molar-refractivity contribution is 0.265. The molecule has 3 rings (SSSR count). The van der Waals surface area contributed by atoms with E-state index in [1.54, 1.807) is 6.20 Å². The van der Waals surface area contributed by atoms with Crippen molar-refractivity contribution >= 4 is 12.4 Å². The molecule has 4 heteroatoms. The molecule has 1 aromatic heterocycles. The molecule has 0 radical (unpaired) electrons. The van der Waals surface area contributed by atoms with E-state index in [1.807, 2.05) is 19.1 Å². The molecule has 2 fully saturated rings. The number of nitrogens with zero attached hydrogens (tertiary/aromatic N) is 1. The number of piperidine rings is 1. The van der Waals surface area contributed by atoms with E-state index in [1.165, 1.54) is 12.8 Å². The Balaban J connectivity index is 0.000000963. The minimum atomic E-state index is 0. The third-order valence-corrected chi connectivity index (χ3v) is 3.36. The van der Waals surface area contributed by atoms with Crippen LogP contribution in [0.4, 0.5) is 0 Å². The number of hydrogen-bond donors (Lipinski definition) is 1. The van der Waals surface area contributed by atoms with Crippen LogP contribution in [0.25, 0.3) is 0 Å². The molecule has 1 aliphatic carbocycles. The SMILES string of the molecule is Cc1ncccc1OC[C@@H]1C[C@H]2C[C@H]2N1.Cl. The average molecular weight is 241 g/mol. The number of halogens is 1. The second-order valence-electron chi connectivity index (χ2n) is 4.60. The molecule has 2 aliphatic rings. The molecule has 3 nitrogen and oxygen atoms in total. The summed E-state index contributed by atoms with van der Waals surface area (Å²) in [5.74, 6) is 1.86. The normalized spacial score (nSPS) is 30.4. The first-order valence-corrected chi connectivity index (χ1v) is 5.63. The van der Waals surface area contributed by atoms with E-state index in [4.69, 9.17) is 4.74 Å². The number of aromatic nitrogens is 1. The first-order valence-electron chi connectivity index (χ1n) is 5.63. The Morgan fingerprint density at radius 2 is 2.38 bits per heavy atom. The van der Waals surface area contributed by atoms with Crippen molar-refractivity contribution in [2.24, 2.45) is 5.92 Å². The molecule has 1 aromatic rings. The van der Waals surface area contributed by atoms with Crippen molar-refractivity contribution in [3.05, 3.63) is 24.0 Å². The van der Waals surface area contributed by atoms with Crippen LogP contribution < -0.4 is 10.1 Å². The maximum Gasteiger partial charge on any atom is 0.140 e. The third-order valence-electron chi connectivity index (χ3n) is 3.36. The molecule has 0 amide bonds. The molecule has 0 bridgehead atoms. The van der Waals surface area contributed by atoms with Crippen LogP contribution in [0.2, 0.25) is 0 Å². The Kier molecular flexibility index (Phi) is 3.36. The van der Waals surface area contributed by atoms with Gasteiger partial charge in [0.2, 0.25) is 0 Å². The largest absolute Gasteiger partial charge is 0.490 e. The van der Waals surface area contributed by atoms with Gasteiger partial charge in [0.05, 0.1) is 5.69 Å². The average Bonchev–Trinajstić information content (AvgIpc) is 2.85. The number of nitrogens with one attached hydrogen (secondary N) is 1. The highest BCUT2D eigenvalue weighted by Gasteiger charge is 2.45. The maximum atomic E-state index is 5.76. The van der Waals surface area contributed by atoms with Gasteiger partial charge < -0.3 is 10.1 Å². The van der Waals surface area contributed by atoms with Gasteiger partial charge in [0.15, 0.2) is 0 Å². The number of pyridine rings is 1. The van der Waals surface area contributed by atoms with E-state index >= 15 is 0 Å². The van der Waals surface area contributed by atoms with Gasteiger partial charge in [0.1, 0.15) is 12.4 Å². The fourth-order valence-electron chi connectivity index (χ4n) is 2.38. The molecule has 0 unspecified atom stereocenters. The molecular weight excluding hydrogens is 224 g/mol. The summed E-state index contributed by atoms with van der Waals surface area (Å²) in [7, 11) is 0. The molecule has 1 N–H and O–H groups in total. The molecule has 3 atom stereocenters. The van der Waals surface area contributed by atoms with E-state index in [0.29, 0.717) is 6.04 Å². The lowest BCUT2D eigenvalue weighted by Crippen LogP contribution is -2.31. The third kappa shape index (κ3) is 2.30. The summed E-state index contributed by atoms with van der Waals surface area (Å²) in [5, 5.41) is 3.57. The highest BCUT2D eigenvalue weighted by atomic mass is 35.5. The van der Waals surface area contributed by atoms with Gasteiger partial charge in [-0.2, -0.15) is 0 Å². The van der Waals surface area contributed by atoms with E-state index in [0.717, 1.165) is 30.0 Å². The van der Waals surface area contributed by atoms with Crippen LogP contribution in [0.15, 0.2) is 18.3 Å². The second-order valence-corrected chi connectivity index (χ2v) is 4.60. The van der Waals surface area contributed by atoms with Gasteiger partial charge in [-0.3, -0.25) is 4.98 Å². The number of fused-ring (bicyclic) bond motifs is 1. The van der Waals surface area contributed by atoms with Crippen molar-refractivity contribution in [1.82, 2.24) is 10.3 Å². The Bertz CT molecular complexity index is 362. The Hall–Kier alpha value is -0.800. The van der Waals surface area contributed by atoms with Crippen molar-refractivity contribution in [2.45, 2.75) is 31.8 Å². The van der Waals surface area contributed by atoms with Crippen LogP contribution in [0.3, 0.4) is 0 Å². The lowest BCUT2D eigenvalue weighted by atomic mass is 10.2. The summed E-state index contributed by atoms with van der Waals surface area (Å²) >= 11 is 0. The van der Waals surface area contributed by atoms with Gasteiger partial charge in [-0.05, 0) is 37.8 Å². The standard InChI is InChI=1S/C12H16N2O.ClH/c1-8-12(3-2-4-13-8)15-7-10-5-9-6-11(9)14-10;/h2-4,9-11,14H,5-7H2,1H3;1H/t9-,10-,11+;/m0./s1. The molecule has 1 saturated carbocycles. The number of ether oxygens (including phenoxy) is 1. The van der Waals surface area contributed by atoms with Gasteiger partial charge in [0, 0.05) is 18.3 Å². The van der Waals surface area contributed by atoms with Crippen molar-refractivity contribution in [3.8, 4) is 5.75 Å². The van der Waals surface area contributed by atoms with E-state index in [9.17, 15) is 0 Å². The highest BCUT2D eigenvalue weighted by Crippen LogP contribution is 2.40. The van der Waals surface area contributed by atoms with Crippen LogP contribution >= 0.6 is 12.4 Å². The fourth-order valence-corrected chi connectivity index (χ4v) is 2.38.